The standard InChI is InChI=1S/C30H36F2N6O5S/c1-20-5-7-23-16-24(20)28(39)34-25(9-14-44-2)29(40)33-10-3-11-37(18-22-19-38(36-35-22)12-4-13-41-23)17-21-6-8-26-27(15-21)43-30(31,32)42-26/h5-8,15-16,19,25H,3-4,9-14,17-18H2,1-2H3,(H,33,40)(H,34,39)/t25-/m0/s1. The van der Waals surface area contributed by atoms with Gasteiger partial charge in [-0.25, -0.2) is 0 Å². The molecule has 2 aliphatic rings. The van der Waals surface area contributed by atoms with Crippen LogP contribution >= 0.6 is 11.8 Å². The van der Waals surface area contributed by atoms with E-state index in [0.717, 1.165) is 16.8 Å². The summed E-state index contributed by atoms with van der Waals surface area (Å²) >= 11 is 1.60. The molecule has 3 aromatic rings. The van der Waals surface area contributed by atoms with Gasteiger partial charge in [0.25, 0.3) is 5.91 Å². The summed E-state index contributed by atoms with van der Waals surface area (Å²) in [6.45, 7) is 4.66. The number of halogens is 2. The number of aryl methyl sites for hydroxylation is 2. The molecule has 0 unspecified atom stereocenters. The molecule has 2 aliphatic heterocycles. The Morgan fingerprint density at radius 1 is 1.09 bits per heavy atom. The molecule has 0 radical (unpaired) electrons. The first-order valence-electron chi connectivity index (χ1n) is 14.5. The SMILES string of the molecule is CSCC[C@@H]1NC(=O)c2cc(ccc2C)OCCCn2cc(nn2)CN(Cc2ccc3c(c2)OC(F)(F)O3)CCCNC1=O. The lowest BCUT2D eigenvalue weighted by atomic mass is 10.1. The molecule has 4 bridgehead atoms. The maximum atomic E-state index is 13.6. The number of ether oxygens (including phenoxy) is 3. The maximum absolute atomic E-state index is 13.6. The summed E-state index contributed by atoms with van der Waals surface area (Å²) in [6.07, 6.45) is 1.90. The third-order valence-corrected chi connectivity index (χ3v) is 7.92. The second kappa shape index (κ2) is 14.2. The third kappa shape index (κ3) is 8.38. The van der Waals surface area contributed by atoms with Crippen molar-refractivity contribution in [3.8, 4) is 17.2 Å². The number of carbonyl (C=O) groups is 2. The summed E-state index contributed by atoms with van der Waals surface area (Å²) in [5.74, 6) is 0.675. The Balaban J connectivity index is 1.32. The Bertz CT molecular complexity index is 1470. The number of hydrogen-bond donors (Lipinski definition) is 2. The van der Waals surface area contributed by atoms with Crippen LogP contribution in [0, 0.1) is 6.92 Å². The van der Waals surface area contributed by atoms with Crippen LogP contribution in [0.3, 0.4) is 0 Å². The molecule has 14 heteroatoms. The Morgan fingerprint density at radius 2 is 1.93 bits per heavy atom. The van der Waals surface area contributed by atoms with Crippen molar-refractivity contribution in [1.82, 2.24) is 30.5 Å². The molecule has 0 spiro atoms. The van der Waals surface area contributed by atoms with E-state index in [2.05, 4.69) is 35.3 Å². The van der Waals surface area contributed by atoms with Crippen LogP contribution in [0.25, 0.3) is 0 Å². The van der Waals surface area contributed by atoms with Gasteiger partial charge in [-0.1, -0.05) is 17.3 Å². The smallest absolute Gasteiger partial charge is 0.494 e. The van der Waals surface area contributed by atoms with Crippen LogP contribution in [-0.2, 0) is 24.4 Å². The van der Waals surface area contributed by atoms with Gasteiger partial charge in [-0.15, -0.1) is 13.9 Å². The zero-order chi connectivity index (χ0) is 31.1. The molecule has 2 amide bonds. The number of thioether (sulfide) groups is 1. The highest BCUT2D eigenvalue weighted by atomic mass is 32.2. The highest BCUT2D eigenvalue weighted by molar-refractivity contribution is 7.98. The first-order chi connectivity index (χ1) is 21.2. The van der Waals surface area contributed by atoms with Crippen LogP contribution in [0.2, 0.25) is 0 Å². The summed E-state index contributed by atoms with van der Waals surface area (Å²) in [5, 5.41) is 14.5. The summed E-state index contributed by atoms with van der Waals surface area (Å²) in [6, 6.07) is 9.41. The van der Waals surface area contributed by atoms with Gasteiger partial charge in [-0.3, -0.25) is 19.2 Å². The number of amides is 2. The summed E-state index contributed by atoms with van der Waals surface area (Å²) in [4.78, 5) is 28.5. The van der Waals surface area contributed by atoms with Gasteiger partial charge in [0.2, 0.25) is 5.91 Å². The number of fused-ring (bicyclic) bond motifs is 5. The second-order valence-corrected chi connectivity index (χ2v) is 11.7. The molecule has 1 atom stereocenters. The molecule has 0 saturated heterocycles. The van der Waals surface area contributed by atoms with Crippen molar-refractivity contribution in [1.29, 1.82) is 0 Å². The molecular weight excluding hydrogens is 594 g/mol. The van der Waals surface area contributed by atoms with Crippen LogP contribution < -0.4 is 24.8 Å². The molecule has 5 rings (SSSR count). The van der Waals surface area contributed by atoms with E-state index >= 15 is 0 Å². The number of hydrogen-bond acceptors (Lipinski definition) is 9. The summed E-state index contributed by atoms with van der Waals surface area (Å²) in [7, 11) is 0. The van der Waals surface area contributed by atoms with Crippen molar-refractivity contribution in [2.24, 2.45) is 0 Å². The van der Waals surface area contributed by atoms with E-state index in [1.165, 1.54) is 6.07 Å². The number of aromatic nitrogens is 3. The quantitative estimate of drug-likeness (QED) is 0.435. The van der Waals surface area contributed by atoms with E-state index < -0.39 is 12.3 Å². The number of rotatable bonds is 5. The van der Waals surface area contributed by atoms with Gasteiger partial charge in [0.1, 0.15) is 11.8 Å². The van der Waals surface area contributed by atoms with Gasteiger partial charge in [0.15, 0.2) is 11.5 Å². The number of alkyl halides is 2. The van der Waals surface area contributed by atoms with E-state index in [9.17, 15) is 18.4 Å². The molecular formula is C30H36F2N6O5S. The Morgan fingerprint density at radius 3 is 2.77 bits per heavy atom. The first-order valence-corrected chi connectivity index (χ1v) is 15.9. The fourth-order valence-electron chi connectivity index (χ4n) is 5.04. The van der Waals surface area contributed by atoms with E-state index in [1.807, 2.05) is 31.5 Å². The fraction of sp³-hybridized carbons (Fsp3) is 0.467. The minimum absolute atomic E-state index is 0.00916. The van der Waals surface area contributed by atoms with Crippen LogP contribution in [0.15, 0.2) is 42.6 Å². The van der Waals surface area contributed by atoms with Crippen LogP contribution in [0.1, 0.15) is 46.4 Å². The topological polar surface area (TPSA) is 120 Å². The highest BCUT2D eigenvalue weighted by Crippen LogP contribution is 2.41. The van der Waals surface area contributed by atoms with Crippen LogP contribution in [0.4, 0.5) is 8.78 Å². The van der Waals surface area contributed by atoms with Crippen LogP contribution in [-0.4, -0.2) is 75.7 Å². The van der Waals surface area contributed by atoms with Gasteiger partial charge < -0.3 is 24.8 Å². The zero-order valence-corrected chi connectivity index (χ0v) is 25.5. The molecule has 2 aromatic carbocycles. The average molecular weight is 631 g/mol. The molecule has 0 fully saturated rings. The van der Waals surface area contributed by atoms with E-state index in [-0.39, 0.29) is 23.3 Å². The van der Waals surface area contributed by atoms with Gasteiger partial charge in [-0.2, -0.15) is 11.8 Å². The van der Waals surface area contributed by atoms with E-state index in [4.69, 9.17) is 4.74 Å². The van der Waals surface area contributed by atoms with Gasteiger partial charge in [0, 0.05) is 50.9 Å². The zero-order valence-electron chi connectivity index (χ0n) is 24.7. The fourth-order valence-corrected chi connectivity index (χ4v) is 5.51. The highest BCUT2D eigenvalue weighted by Gasteiger charge is 2.43. The monoisotopic (exact) mass is 630 g/mol. The summed E-state index contributed by atoms with van der Waals surface area (Å²) < 4.78 is 43.9. The third-order valence-electron chi connectivity index (χ3n) is 7.28. The maximum Gasteiger partial charge on any atom is 0.586 e. The molecule has 1 aromatic heterocycles. The number of nitrogens with zero attached hydrogens (tertiary/aromatic N) is 4. The molecule has 0 aliphatic carbocycles. The van der Waals surface area contributed by atoms with Gasteiger partial charge in [-0.05, 0) is 67.2 Å². The van der Waals surface area contributed by atoms with Gasteiger partial charge >= 0.3 is 6.29 Å². The largest absolute Gasteiger partial charge is 0.586 e. The normalized spacial score (nSPS) is 19.5. The Labute approximate surface area is 258 Å². The molecule has 44 heavy (non-hydrogen) atoms. The second-order valence-electron chi connectivity index (χ2n) is 10.8. The average Bonchev–Trinajstić information content (AvgIpc) is 3.56. The van der Waals surface area contributed by atoms with Crippen molar-refractivity contribution in [3.05, 3.63) is 65.0 Å². The lowest BCUT2D eigenvalue weighted by Crippen LogP contribution is -2.47. The Kier molecular flexibility index (Phi) is 10.2. The summed E-state index contributed by atoms with van der Waals surface area (Å²) in [5.41, 5.74) is 2.75. The lowest BCUT2D eigenvalue weighted by molar-refractivity contribution is -0.286. The van der Waals surface area contributed by atoms with Crippen molar-refractivity contribution in [2.75, 3.05) is 31.7 Å². The van der Waals surface area contributed by atoms with Gasteiger partial charge in [0.05, 0.1) is 12.3 Å². The van der Waals surface area contributed by atoms with Crippen molar-refractivity contribution < 1.29 is 32.6 Å². The minimum Gasteiger partial charge on any atom is -0.494 e. The van der Waals surface area contributed by atoms with E-state index in [0.29, 0.717) is 75.7 Å². The van der Waals surface area contributed by atoms with Crippen molar-refractivity contribution >= 4 is 23.6 Å². The Hall–Kier alpha value is -3.91. The molecule has 11 nitrogen and oxygen atoms in total. The first kappa shape index (κ1) is 31.5. The predicted molar refractivity (Wildman–Crippen MR) is 160 cm³/mol. The van der Waals surface area contributed by atoms with E-state index in [1.54, 1.807) is 34.6 Å². The number of nitrogens with one attached hydrogen (secondary N) is 2. The van der Waals surface area contributed by atoms with Crippen LogP contribution in [0.5, 0.6) is 17.2 Å². The molecule has 3 heterocycles. The number of carbonyl (C=O) groups excluding carboxylic acids is 2. The van der Waals surface area contributed by atoms with Crippen molar-refractivity contribution in [2.45, 2.75) is 58.2 Å². The van der Waals surface area contributed by atoms with Crippen molar-refractivity contribution in [3.63, 3.8) is 0 Å². The molecule has 236 valence electrons. The number of benzene rings is 2. The predicted octanol–water partition coefficient (Wildman–Crippen LogP) is 3.75. The molecule has 2 N–H and O–H groups in total. The lowest BCUT2D eigenvalue weighted by Gasteiger charge is -2.22. The molecule has 0 saturated carbocycles. The minimum atomic E-state index is -3.68.